The normalized spacial score (nSPS) is 12.8. The fraction of sp³-hybridized carbons (Fsp3) is 0.679. The number of ether oxygens (including phenoxy) is 3. The quantitative estimate of drug-likeness (QED) is 0.0201. The Labute approximate surface area is 363 Å². The molecule has 0 amide bonds. The zero-order valence-electron chi connectivity index (χ0n) is 38.2. The van der Waals surface area contributed by atoms with Crippen molar-refractivity contribution in [2.45, 2.75) is 219 Å². The summed E-state index contributed by atoms with van der Waals surface area (Å²) in [5.41, 5.74) is 0. The fourth-order valence-electron chi connectivity index (χ4n) is 6.23. The third-order valence-corrected chi connectivity index (χ3v) is 9.88. The molecule has 0 spiro atoms. The highest BCUT2D eigenvalue weighted by atomic mass is 16.6. The Morgan fingerprint density at radius 2 is 0.729 bits per heavy atom. The molecule has 0 aliphatic heterocycles. The summed E-state index contributed by atoms with van der Waals surface area (Å²) in [7, 11) is 0. The third kappa shape index (κ3) is 45.5. The van der Waals surface area contributed by atoms with Crippen LogP contribution in [0.15, 0.2) is 85.1 Å². The molecule has 6 nitrogen and oxygen atoms in total. The van der Waals surface area contributed by atoms with Gasteiger partial charge in [-0.1, -0.05) is 176 Å². The Morgan fingerprint density at radius 1 is 0.373 bits per heavy atom. The van der Waals surface area contributed by atoms with Crippen molar-refractivity contribution in [3.63, 3.8) is 0 Å². The predicted molar refractivity (Wildman–Crippen MR) is 251 cm³/mol. The average Bonchev–Trinajstić information content (AvgIpc) is 3.23. The van der Waals surface area contributed by atoms with Crippen LogP contribution in [0.2, 0.25) is 0 Å². The van der Waals surface area contributed by atoms with Crippen LogP contribution in [0.5, 0.6) is 0 Å². The second-order valence-electron chi connectivity index (χ2n) is 15.7. The minimum Gasteiger partial charge on any atom is -0.462 e. The van der Waals surface area contributed by atoms with Gasteiger partial charge in [0.1, 0.15) is 13.2 Å². The molecule has 0 aromatic carbocycles. The van der Waals surface area contributed by atoms with E-state index in [0.29, 0.717) is 19.3 Å². The van der Waals surface area contributed by atoms with Gasteiger partial charge in [-0.05, 0) is 103 Å². The lowest BCUT2D eigenvalue weighted by Gasteiger charge is -2.18. The standard InChI is InChI=1S/C53H88O6/c1-4-7-10-13-16-19-22-24-26-28-29-31-34-37-40-43-46-52(55)58-49-50(48-57-51(54)45-42-39-36-33-21-18-15-12-9-6-3)59-53(56)47-44-41-38-35-32-30-27-25-23-20-17-14-11-8-5-2/h7,10,15-20,23-26,29,31,50H,4-6,8-9,11-14,21-22,27-28,30,32-49H2,1-3H3/b10-7-,18-15-,19-16-,20-17-,25-23-,26-24-,31-29-. The van der Waals surface area contributed by atoms with Crippen molar-refractivity contribution in [3.8, 4) is 0 Å². The molecule has 0 radical (unpaired) electrons. The number of hydrogen-bond acceptors (Lipinski definition) is 6. The second kappa shape index (κ2) is 47.3. The maximum absolute atomic E-state index is 12.8. The summed E-state index contributed by atoms with van der Waals surface area (Å²) < 4.78 is 16.7. The molecule has 1 atom stereocenters. The van der Waals surface area contributed by atoms with Gasteiger partial charge in [0, 0.05) is 19.3 Å². The van der Waals surface area contributed by atoms with E-state index in [1.54, 1.807) is 0 Å². The fourth-order valence-corrected chi connectivity index (χ4v) is 6.23. The lowest BCUT2D eigenvalue weighted by atomic mass is 10.1. The summed E-state index contributed by atoms with van der Waals surface area (Å²) in [6.45, 7) is 6.38. The van der Waals surface area contributed by atoms with Gasteiger partial charge in [-0.25, -0.2) is 0 Å². The molecule has 1 unspecified atom stereocenters. The smallest absolute Gasteiger partial charge is 0.306 e. The van der Waals surface area contributed by atoms with Crippen LogP contribution < -0.4 is 0 Å². The van der Waals surface area contributed by atoms with Crippen LogP contribution in [0.1, 0.15) is 213 Å². The molecule has 336 valence electrons. The zero-order chi connectivity index (χ0) is 43.0. The van der Waals surface area contributed by atoms with Gasteiger partial charge in [-0.3, -0.25) is 14.4 Å². The molecule has 0 rings (SSSR count). The largest absolute Gasteiger partial charge is 0.462 e. The highest BCUT2D eigenvalue weighted by Gasteiger charge is 2.19. The number of allylic oxidation sites excluding steroid dienone is 14. The molecule has 0 fully saturated rings. The van der Waals surface area contributed by atoms with Gasteiger partial charge in [-0.15, -0.1) is 0 Å². The van der Waals surface area contributed by atoms with Gasteiger partial charge in [-0.2, -0.15) is 0 Å². The Bertz CT molecular complexity index is 1170. The van der Waals surface area contributed by atoms with Crippen molar-refractivity contribution >= 4 is 17.9 Å². The molecular formula is C53H88O6. The van der Waals surface area contributed by atoms with Crippen LogP contribution in [0.4, 0.5) is 0 Å². The van der Waals surface area contributed by atoms with Crippen molar-refractivity contribution in [1.82, 2.24) is 0 Å². The van der Waals surface area contributed by atoms with E-state index in [-0.39, 0.29) is 31.1 Å². The first-order chi connectivity index (χ1) is 29.0. The van der Waals surface area contributed by atoms with Gasteiger partial charge < -0.3 is 14.2 Å². The van der Waals surface area contributed by atoms with Crippen molar-refractivity contribution in [1.29, 1.82) is 0 Å². The van der Waals surface area contributed by atoms with Crippen LogP contribution in [0.25, 0.3) is 0 Å². The van der Waals surface area contributed by atoms with Gasteiger partial charge in [0.2, 0.25) is 0 Å². The number of carbonyl (C=O) groups is 3. The van der Waals surface area contributed by atoms with E-state index in [4.69, 9.17) is 14.2 Å². The Balaban J connectivity index is 4.46. The molecule has 0 heterocycles. The van der Waals surface area contributed by atoms with Crippen LogP contribution in [0, 0.1) is 0 Å². The number of hydrogen-bond donors (Lipinski definition) is 0. The molecule has 6 heteroatoms. The highest BCUT2D eigenvalue weighted by molar-refractivity contribution is 5.71. The SMILES string of the molecule is CC/C=C\C/C=C\C/C=C\C/C=C\CCCCCC(=O)OCC(COC(=O)CCCCCC/C=C\CCCC)OC(=O)CCCCCCCC/C=C\C=C/CCCCC. The van der Waals surface area contributed by atoms with E-state index in [2.05, 4.69) is 106 Å². The van der Waals surface area contributed by atoms with E-state index in [1.165, 1.54) is 51.4 Å². The minimum absolute atomic E-state index is 0.0988. The topological polar surface area (TPSA) is 78.9 Å². The molecule has 59 heavy (non-hydrogen) atoms. The van der Waals surface area contributed by atoms with Crippen LogP contribution >= 0.6 is 0 Å². The first-order valence-corrected chi connectivity index (χ1v) is 24.1. The van der Waals surface area contributed by atoms with Crippen LogP contribution in [-0.4, -0.2) is 37.2 Å². The molecule has 0 saturated heterocycles. The summed E-state index contributed by atoms with van der Waals surface area (Å²) in [5, 5.41) is 0. The number of carbonyl (C=O) groups excluding carboxylic acids is 3. The molecule has 0 aliphatic carbocycles. The van der Waals surface area contributed by atoms with Crippen molar-refractivity contribution in [2.24, 2.45) is 0 Å². The summed E-state index contributed by atoms with van der Waals surface area (Å²) in [6, 6.07) is 0. The number of esters is 3. The first-order valence-electron chi connectivity index (χ1n) is 24.1. The second-order valence-corrected chi connectivity index (χ2v) is 15.7. The first kappa shape index (κ1) is 55.6. The molecular weight excluding hydrogens is 733 g/mol. The zero-order valence-corrected chi connectivity index (χ0v) is 38.2. The third-order valence-electron chi connectivity index (χ3n) is 9.88. The highest BCUT2D eigenvalue weighted by Crippen LogP contribution is 2.13. The monoisotopic (exact) mass is 821 g/mol. The predicted octanol–water partition coefficient (Wildman–Crippen LogP) is 15.6. The van der Waals surface area contributed by atoms with E-state index in [9.17, 15) is 14.4 Å². The van der Waals surface area contributed by atoms with Crippen molar-refractivity contribution in [3.05, 3.63) is 85.1 Å². The maximum Gasteiger partial charge on any atom is 0.306 e. The average molecular weight is 821 g/mol. The van der Waals surface area contributed by atoms with Gasteiger partial charge in [0.05, 0.1) is 0 Å². The summed E-state index contributed by atoms with van der Waals surface area (Å²) in [6.07, 6.45) is 59.9. The minimum atomic E-state index is -0.799. The molecule has 0 aliphatic rings. The summed E-state index contributed by atoms with van der Waals surface area (Å²) in [4.78, 5) is 37.8. The maximum atomic E-state index is 12.8. The summed E-state index contributed by atoms with van der Waals surface area (Å²) >= 11 is 0. The number of unbranched alkanes of at least 4 members (excludes halogenated alkanes) is 18. The van der Waals surface area contributed by atoms with Crippen LogP contribution in [-0.2, 0) is 28.6 Å². The van der Waals surface area contributed by atoms with Gasteiger partial charge in [0.25, 0.3) is 0 Å². The van der Waals surface area contributed by atoms with Gasteiger partial charge >= 0.3 is 17.9 Å². The lowest BCUT2D eigenvalue weighted by Crippen LogP contribution is -2.30. The molecule has 0 saturated carbocycles. The van der Waals surface area contributed by atoms with E-state index in [1.807, 2.05) is 0 Å². The molecule has 0 aromatic heterocycles. The lowest BCUT2D eigenvalue weighted by molar-refractivity contribution is -0.167. The Hall–Kier alpha value is -3.41. The molecule has 0 N–H and O–H groups in total. The number of rotatable bonds is 42. The Kier molecular flexibility index (Phi) is 44.5. The van der Waals surface area contributed by atoms with E-state index in [0.717, 1.165) is 122 Å². The van der Waals surface area contributed by atoms with Crippen LogP contribution in [0.3, 0.4) is 0 Å². The summed E-state index contributed by atoms with van der Waals surface area (Å²) in [5.74, 6) is -0.961. The van der Waals surface area contributed by atoms with E-state index >= 15 is 0 Å². The Morgan fingerprint density at radius 3 is 1.22 bits per heavy atom. The van der Waals surface area contributed by atoms with E-state index < -0.39 is 6.10 Å². The van der Waals surface area contributed by atoms with Crippen molar-refractivity contribution < 1.29 is 28.6 Å². The van der Waals surface area contributed by atoms with Gasteiger partial charge in [0.15, 0.2) is 6.10 Å². The van der Waals surface area contributed by atoms with Crippen molar-refractivity contribution in [2.75, 3.05) is 13.2 Å². The molecule has 0 aromatic rings. The molecule has 0 bridgehead atoms.